The molecule has 0 bridgehead atoms. The van der Waals surface area contributed by atoms with Crippen molar-refractivity contribution in [2.75, 3.05) is 14.1 Å². The first-order valence-corrected chi connectivity index (χ1v) is 13.3. The molecule has 2 saturated carbocycles. The van der Waals surface area contributed by atoms with Crippen molar-refractivity contribution in [1.29, 1.82) is 0 Å². The number of phenols is 1. The summed E-state index contributed by atoms with van der Waals surface area (Å²) in [5.74, 6) is -15.2. The topological polar surface area (TPSA) is 224 Å². The summed E-state index contributed by atoms with van der Waals surface area (Å²) in [5, 5.41) is 22.5. The van der Waals surface area contributed by atoms with Gasteiger partial charge >= 0.3 is 5.97 Å². The van der Waals surface area contributed by atoms with Gasteiger partial charge in [-0.05, 0) is 44.5 Å². The van der Waals surface area contributed by atoms with Crippen LogP contribution in [0.3, 0.4) is 0 Å². The molecule has 0 spiro atoms. The van der Waals surface area contributed by atoms with Crippen LogP contribution in [0.15, 0.2) is 18.2 Å². The van der Waals surface area contributed by atoms with Gasteiger partial charge < -0.3 is 26.4 Å². The van der Waals surface area contributed by atoms with Gasteiger partial charge in [-0.3, -0.25) is 38.5 Å². The zero-order chi connectivity index (χ0) is 30.5. The average Bonchev–Trinajstić information content (AvgIpc) is 2.88. The van der Waals surface area contributed by atoms with Crippen LogP contribution in [0.5, 0.6) is 5.75 Å². The van der Waals surface area contributed by atoms with E-state index < -0.39 is 94.0 Å². The number of phenolic OH excluding ortho intramolecular Hbond substituents is 1. The van der Waals surface area contributed by atoms with Crippen molar-refractivity contribution in [1.82, 2.24) is 4.90 Å². The van der Waals surface area contributed by atoms with Gasteiger partial charge in [0.05, 0.1) is 23.4 Å². The number of nitrogens with two attached hydrogens (primary N) is 2. The number of amides is 2. The first-order chi connectivity index (χ1) is 19.2. The Kier molecular flexibility index (Phi) is 7.89. The molecule has 2 fully saturated rings. The highest BCUT2D eigenvalue weighted by molar-refractivity contribution is 6.32. The Morgan fingerprint density at radius 1 is 1.02 bits per heavy atom. The smallest absolute Gasteiger partial charge is 0.306 e. The summed E-state index contributed by atoms with van der Waals surface area (Å²) >= 11 is 0. The molecule has 8 unspecified atom stereocenters. The number of carbonyl (C=O) groups excluding carboxylic acids is 7. The van der Waals surface area contributed by atoms with E-state index in [1.807, 2.05) is 0 Å². The predicted molar refractivity (Wildman–Crippen MR) is 139 cm³/mol. The first kappa shape index (κ1) is 30.0. The maximum Gasteiger partial charge on any atom is 0.306 e. The van der Waals surface area contributed by atoms with Crippen LogP contribution in [0, 0.1) is 23.7 Å². The number of ether oxygens (including phenoxy) is 1. The Hall–Kier alpha value is -3.97. The minimum atomic E-state index is -3.09. The minimum Gasteiger partial charge on any atom is -0.507 e. The third-order valence-electron chi connectivity index (χ3n) is 8.65. The van der Waals surface area contributed by atoms with Gasteiger partial charge in [-0.25, -0.2) is 0 Å². The molecular weight excluding hydrogens is 538 g/mol. The molecule has 0 aromatic heterocycles. The van der Waals surface area contributed by atoms with Crippen molar-refractivity contribution in [2.24, 2.45) is 35.1 Å². The summed E-state index contributed by atoms with van der Waals surface area (Å²) in [4.78, 5) is 92.8. The van der Waals surface area contributed by atoms with Gasteiger partial charge in [-0.1, -0.05) is 19.1 Å². The number of ketones is 4. The highest BCUT2D eigenvalue weighted by Gasteiger charge is 2.74. The Morgan fingerprint density at radius 3 is 2.24 bits per heavy atom. The van der Waals surface area contributed by atoms with Crippen molar-refractivity contribution in [3.8, 4) is 5.75 Å². The molecule has 1 aromatic rings. The second kappa shape index (κ2) is 10.8. The Bertz CT molecular complexity index is 1360. The lowest BCUT2D eigenvalue weighted by molar-refractivity contribution is -0.205. The normalized spacial score (nSPS) is 32.7. The van der Waals surface area contributed by atoms with E-state index >= 15 is 0 Å². The molecule has 13 heteroatoms. The Morgan fingerprint density at radius 2 is 1.66 bits per heavy atom. The first-order valence-electron chi connectivity index (χ1n) is 13.3. The molecule has 3 aliphatic rings. The summed E-state index contributed by atoms with van der Waals surface area (Å²) in [6, 6.07) is 2.87. The summed E-state index contributed by atoms with van der Waals surface area (Å²) in [7, 11) is 2.86. The van der Waals surface area contributed by atoms with E-state index in [2.05, 4.69) is 0 Å². The molecule has 13 nitrogen and oxygen atoms in total. The largest absolute Gasteiger partial charge is 0.507 e. The molecule has 0 saturated heterocycles. The molecule has 8 atom stereocenters. The summed E-state index contributed by atoms with van der Waals surface area (Å²) < 4.78 is 5.86. The van der Waals surface area contributed by atoms with E-state index in [0.29, 0.717) is 5.56 Å². The van der Waals surface area contributed by atoms with Crippen LogP contribution in [0.1, 0.15) is 54.4 Å². The fourth-order valence-corrected chi connectivity index (χ4v) is 6.85. The van der Waals surface area contributed by atoms with E-state index in [9.17, 15) is 43.8 Å². The van der Waals surface area contributed by atoms with Crippen molar-refractivity contribution in [3.63, 3.8) is 0 Å². The monoisotopic (exact) mass is 571 g/mol. The lowest BCUT2D eigenvalue weighted by Gasteiger charge is -2.56. The quantitative estimate of drug-likeness (QED) is 0.168. The molecule has 6 N–H and O–H groups in total. The second-order valence-corrected chi connectivity index (χ2v) is 11.2. The number of fused-ring (bicyclic) bond motifs is 3. The van der Waals surface area contributed by atoms with Gasteiger partial charge in [0.2, 0.25) is 11.8 Å². The molecule has 3 aliphatic carbocycles. The van der Waals surface area contributed by atoms with Crippen LogP contribution in [0.2, 0.25) is 0 Å². The molecule has 0 aliphatic heterocycles. The Labute approximate surface area is 235 Å². The van der Waals surface area contributed by atoms with Crippen LogP contribution < -0.4 is 11.5 Å². The summed E-state index contributed by atoms with van der Waals surface area (Å²) in [6.07, 6.45) is -1.19. The van der Waals surface area contributed by atoms with Crippen LogP contribution in [0.4, 0.5) is 0 Å². The Balaban J connectivity index is 1.89. The number of hydrogen-bond acceptors (Lipinski definition) is 11. The number of aliphatic hydroxyl groups is 1. The van der Waals surface area contributed by atoms with Crippen molar-refractivity contribution < 1.29 is 48.5 Å². The number of nitrogens with zero attached hydrogens (tertiary/aromatic N) is 1. The molecular formula is C28H33N3O10. The zero-order valence-electron chi connectivity index (χ0n) is 22.9. The summed E-state index contributed by atoms with van der Waals surface area (Å²) in [5.41, 5.74) is 7.63. The standard InChI is InChI=1S/C28H33N3O10/c1-11-12-7-6-8-13(32)17(12)22(35)18-16(11)24(41-15(34)10-5-4-9-14(29)33)20-21(31(2)3)23(36)19(27(30)39)26(38)28(20,40)25(18)37/h6-8,11,16,18-21,24,32,40H,4-5,9-10H2,1-3H3,(H2,29,33)(H2,30,39). The maximum absolute atomic E-state index is 14.1. The fraction of sp³-hybridized carbons (Fsp3) is 0.536. The van der Waals surface area contributed by atoms with Gasteiger partial charge in [0.15, 0.2) is 34.7 Å². The number of unbranched alkanes of at least 4 members (excludes halogenated alkanes) is 1. The van der Waals surface area contributed by atoms with E-state index in [-0.39, 0.29) is 31.2 Å². The minimum absolute atomic E-state index is 0.0321. The number of hydrogen-bond donors (Lipinski definition) is 4. The third kappa shape index (κ3) is 4.62. The van der Waals surface area contributed by atoms with Crippen molar-refractivity contribution >= 4 is 40.9 Å². The lowest BCUT2D eigenvalue weighted by atomic mass is 9.49. The van der Waals surface area contributed by atoms with Crippen LogP contribution >= 0.6 is 0 Å². The molecule has 220 valence electrons. The molecule has 1 aromatic carbocycles. The zero-order valence-corrected chi connectivity index (χ0v) is 22.9. The molecule has 41 heavy (non-hydrogen) atoms. The highest BCUT2D eigenvalue weighted by Crippen LogP contribution is 2.55. The maximum atomic E-state index is 14.1. The van der Waals surface area contributed by atoms with E-state index in [1.54, 1.807) is 13.0 Å². The highest BCUT2D eigenvalue weighted by atomic mass is 16.5. The summed E-state index contributed by atoms with van der Waals surface area (Å²) in [6.45, 7) is 1.65. The van der Waals surface area contributed by atoms with E-state index in [1.165, 1.54) is 31.1 Å². The molecule has 4 rings (SSSR count). The average molecular weight is 572 g/mol. The number of rotatable bonds is 8. The molecule has 2 amide bonds. The van der Waals surface area contributed by atoms with Gasteiger partial charge in [-0.15, -0.1) is 0 Å². The third-order valence-corrected chi connectivity index (χ3v) is 8.65. The number of Topliss-reactive ketones (excluding diaryl/α,β-unsaturated/α-hetero) is 4. The van der Waals surface area contributed by atoms with Crippen molar-refractivity contribution in [2.45, 2.75) is 56.3 Å². The number of carbonyl (C=O) groups is 7. The molecule has 0 radical (unpaired) electrons. The SMILES string of the molecule is CC1c2cccc(O)c2C(=O)C2C(=O)C3(O)C(=O)C(C(N)=O)C(=O)C(N(C)C)C3C(OC(=O)CCCCC(N)=O)C21. The molecule has 0 heterocycles. The fourth-order valence-electron chi connectivity index (χ4n) is 6.85. The number of esters is 1. The van der Waals surface area contributed by atoms with Crippen LogP contribution in [0.25, 0.3) is 0 Å². The van der Waals surface area contributed by atoms with Gasteiger partial charge in [0.25, 0.3) is 0 Å². The van der Waals surface area contributed by atoms with E-state index in [0.717, 1.165) is 0 Å². The number of aromatic hydroxyl groups is 1. The number of likely N-dealkylation sites (N-methyl/N-ethyl adjacent to an activating group) is 1. The lowest BCUT2D eigenvalue weighted by Crippen LogP contribution is -2.78. The number of benzene rings is 1. The van der Waals surface area contributed by atoms with E-state index in [4.69, 9.17) is 16.2 Å². The predicted octanol–water partition coefficient (Wildman–Crippen LogP) is -1.00. The van der Waals surface area contributed by atoms with Gasteiger partial charge in [0.1, 0.15) is 11.9 Å². The van der Waals surface area contributed by atoms with Crippen LogP contribution in [-0.4, -0.2) is 87.9 Å². The van der Waals surface area contributed by atoms with Gasteiger partial charge in [-0.2, -0.15) is 0 Å². The van der Waals surface area contributed by atoms with Crippen LogP contribution in [-0.2, 0) is 33.5 Å². The second-order valence-electron chi connectivity index (χ2n) is 11.2. The van der Waals surface area contributed by atoms with Crippen molar-refractivity contribution in [3.05, 3.63) is 29.3 Å². The van der Waals surface area contributed by atoms with Gasteiger partial charge in [0, 0.05) is 18.8 Å². The number of primary amides is 2.